The zero-order chi connectivity index (χ0) is 30.8. The highest BCUT2D eigenvalue weighted by Gasteiger charge is 2.96. The third-order valence-electron chi connectivity index (χ3n) is 9.66. The number of primary amides is 1. The molecule has 3 spiro atoms. The van der Waals surface area contributed by atoms with E-state index in [0.29, 0.717) is 42.5 Å². The summed E-state index contributed by atoms with van der Waals surface area (Å²) in [5.41, 5.74) is 5.95. The molecule has 2 unspecified atom stereocenters. The molecule has 2 atom stereocenters. The van der Waals surface area contributed by atoms with Crippen molar-refractivity contribution in [2.75, 3.05) is 20.1 Å². The number of likely N-dealkylation sites (tertiary alicyclic amines) is 1. The minimum Gasteiger partial charge on any atom is -0.363 e. The molecule has 0 bridgehead atoms. The maximum atomic E-state index is 13.3. The van der Waals surface area contributed by atoms with Crippen molar-refractivity contribution in [3.8, 4) is 0 Å². The van der Waals surface area contributed by atoms with E-state index in [1.807, 2.05) is 20.8 Å². The highest BCUT2D eigenvalue weighted by atomic mass is 16.2. The Morgan fingerprint density at radius 1 is 1.00 bits per heavy atom. The van der Waals surface area contributed by atoms with Crippen LogP contribution in [0.1, 0.15) is 99.3 Å². The molecule has 232 valence electrons. The number of ketones is 1. The molecular weight excluding hydrogens is 522 g/mol. The summed E-state index contributed by atoms with van der Waals surface area (Å²) in [7, 11) is 1.72. The summed E-state index contributed by atoms with van der Waals surface area (Å²) in [4.78, 5) is 61.5. The van der Waals surface area contributed by atoms with Crippen LogP contribution in [0.4, 0.5) is 0 Å². The van der Waals surface area contributed by atoms with Crippen LogP contribution in [0, 0.1) is 28.1 Å². The van der Waals surface area contributed by atoms with E-state index >= 15 is 0 Å². The van der Waals surface area contributed by atoms with Crippen LogP contribution in [-0.2, 0) is 24.0 Å². The molecule has 10 heteroatoms. The van der Waals surface area contributed by atoms with E-state index in [1.165, 1.54) is 25.7 Å². The standard InChI is InChI=1S/C22H32N4O4.C5H11NO.C4H10/c1-24-11-16(27)26-12-22(20(5-6-20)21(22)7-8-21)10-15(26)19(30)25-14(17(28)18(23)29)9-13-3-2-4-13;1-5(2,3)6-4-7;1-4(2)3/h13-15,24H,2-12H2,1H3,(H2,23,29)(H,25,30);4H,1-3H3,(H,6,7);4H,1-3H3. The number of carbonyl (C=O) groups is 5. The molecule has 5 N–H and O–H groups in total. The van der Waals surface area contributed by atoms with Gasteiger partial charge in [0.15, 0.2) is 0 Å². The van der Waals surface area contributed by atoms with Crippen molar-refractivity contribution >= 4 is 29.9 Å². The van der Waals surface area contributed by atoms with Crippen molar-refractivity contribution < 1.29 is 24.0 Å². The summed E-state index contributed by atoms with van der Waals surface area (Å²) in [5, 5.41) is 8.33. The van der Waals surface area contributed by atoms with E-state index in [2.05, 4.69) is 36.7 Å². The Morgan fingerprint density at radius 2 is 1.54 bits per heavy atom. The highest BCUT2D eigenvalue weighted by Crippen LogP contribution is 3.00. The van der Waals surface area contributed by atoms with Gasteiger partial charge in [0.25, 0.3) is 5.91 Å². The molecule has 5 rings (SSSR count). The average molecular weight is 576 g/mol. The number of fused-ring (bicyclic) bond motifs is 3. The number of nitrogens with two attached hydrogens (primary N) is 1. The van der Waals surface area contributed by atoms with Crippen molar-refractivity contribution in [1.82, 2.24) is 20.9 Å². The van der Waals surface area contributed by atoms with Gasteiger partial charge in [-0.2, -0.15) is 0 Å². The topological polar surface area (TPSA) is 151 Å². The molecule has 0 radical (unpaired) electrons. The number of likely N-dealkylation sites (N-methyl/N-ethyl adjacent to an activating group) is 1. The van der Waals surface area contributed by atoms with Gasteiger partial charge < -0.3 is 26.6 Å². The van der Waals surface area contributed by atoms with Crippen molar-refractivity contribution in [2.24, 2.45) is 33.8 Å². The van der Waals surface area contributed by atoms with E-state index in [0.717, 1.165) is 25.2 Å². The third-order valence-corrected chi connectivity index (χ3v) is 9.66. The zero-order valence-corrected chi connectivity index (χ0v) is 26.2. The van der Waals surface area contributed by atoms with Crippen LogP contribution in [0.3, 0.4) is 0 Å². The minimum atomic E-state index is -1.01. The maximum Gasteiger partial charge on any atom is 0.287 e. The minimum absolute atomic E-state index is 0.0677. The van der Waals surface area contributed by atoms with E-state index in [1.54, 1.807) is 11.9 Å². The summed E-state index contributed by atoms with van der Waals surface area (Å²) in [6.45, 7) is 13.1. The second-order valence-electron chi connectivity index (χ2n) is 14.6. The number of Topliss-reactive ketones (excluding diaryl/α,β-unsaturated/α-hetero) is 1. The largest absolute Gasteiger partial charge is 0.363 e. The lowest BCUT2D eigenvalue weighted by atomic mass is 9.80. The summed E-state index contributed by atoms with van der Waals surface area (Å²) in [5.74, 6) is -0.969. The van der Waals surface area contributed by atoms with Crippen LogP contribution < -0.4 is 21.7 Å². The lowest BCUT2D eigenvalue weighted by molar-refractivity contribution is -0.141. The first-order chi connectivity index (χ1) is 19.1. The fourth-order valence-electron chi connectivity index (χ4n) is 7.44. The molecule has 41 heavy (non-hydrogen) atoms. The molecule has 4 amide bonds. The van der Waals surface area contributed by atoms with Crippen molar-refractivity contribution in [2.45, 2.75) is 117 Å². The Morgan fingerprint density at radius 3 is 1.88 bits per heavy atom. The molecule has 1 saturated heterocycles. The van der Waals surface area contributed by atoms with Gasteiger partial charge in [0, 0.05) is 17.5 Å². The maximum absolute atomic E-state index is 13.3. The molecular formula is C31H53N5O5. The molecule has 0 aromatic heterocycles. The zero-order valence-electron chi connectivity index (χ0n) is 26.2. The second kappa shape index (κ2) is 12.4. The number of nitrogens with one attached hydrogen (secondary N) is 3. The van der Waals surface area contributed by atoms with Crippen molar-refractivity contribution in [3.05, 3.63) is 0 Å². The number of nitrogens with zero attached hydrogens (tertiary/aromatic N) is 1. The van der Waals surface area contributed by atoms with Gasteiger partial charge in [0.1, 0.15) is 6.04 Å². The predicted octanol–water partition coefficient (Wildman–Crippen LogP) is 2.29. The molecule has 10 nitrogen and oxygen atoms in total. The summed E-state index contributed by atoms with van der Waals surface area (Å²) < 4.78 is 0. The average Bonchev–Trinajstić information content (AvgIpc) is 3.77. The Hall–Kier alpha value is -2.49. The van der Waals surface area contributed by atoms with Gasteiger partial charge in [-0.05, 0) is 89.0 Å². The SMILES string of the molecule is CC(C)(C)NC=O.CC(C)C.CNCC(=O)N1CC2(CC1C(=O)NC(CC1CCC1)C(=O)C(N)=O)C1(CC1)C21CC1. The van der Waals surface area contributed by atoms with Crippen molar-refractivity contribution in [1.29, 1.82) is 0 Å². The number of hydrogen-bond donors (Lipinski definition) is 4. The van der Waals surface area contributed by atoms with Crippen LogP contribution in [0.5, 0.6) is 0 Å². The summed E-state index contributed by atoms with van der Waals surface area (Å²) >= 11 is 0. The number of amides is 4. The number of rotatable bonds is 9. The normalized spacial score (nSPS) is 24.3. The summed E-state index contributed by atoms with van der Waals surface area (Å²) in [6.07, 6.45) is 9.78. The summed E-state index contributed by atoms with van der Waals surface area (Å²) in [6, 6.07) is -1.46. The molecule has 1 heterocycles. The fraction of sp³-hybridized carbons (Fsp3) is 0.839. The lowest BCUT2D eigenvalue weighted by Crippen LogP contribution is -2.54. The van der Waals surface area contributed by atoms with E-state index in [9.17, 15) is 24.0 Å². The van der Waals surface area contributed by atoms with Crippen LogP contribution in [0.2, 0.25) is 0 Å². The Labute approximate surface area is 245 Å². The smallest absolute Gasteiger partial charge is 0.287 e. The molecule has 0 aromatic rings. The van der Waals surface area contributed by atoms with Gasteiger partial charge in [-0.3, -0.25) is 24.0 Å². The fourth-order valence-corrected chi connectivity index (χ4v) is 7.44. The number of hydrogen-bond acceptors (Lipinski definition) is 6. The molecule has 4 saturated carbocycles. The third kappa shape index (κ3) is 6.78. The van der Waals surface area contributed by atoms with Gasteiger partial charge in [-0.1, -0.05) is 40.0 Å². The lowest BCUT2D eigenvalue weighted by Gasteiger charge is -2.30. The molecule has 4 aliphatic carbocycles. The van der Waals surface area contributed by atoms with E-state index < -0.39 is 23.8 Å². The first-order valence-corrected chi connectivity index (χ1v) is 15.4. The highest BCUT2D eigenvalue weighted by molar-refractivity contribution is 6.37. The van der Waals surface area contributed by atoms with E-state index in [-0.39, 0.29) is 29.3 Å². The van der Waals surface area contributed by atoms with Gasteiger partial charge in [-0.25, -0.2) is 0 Å². The van der Waals surface area contributed by atoms with Gasteiger partial charge >= 0.3 is 0 Å². The van der Waals surface area contributed by atoms with Crippen LogP contribution >= 0.6 is 0 Å². The predicted molar refractivity (Wildman–Crippen MR) is 157 cm³/mol. The first kappa shape index (κ1) is 33.0. The van der Waals surface area contributed by atoms with Crippen LogP contribution in [0.15, 0.2) is 0 Å². The number of carbonyl (C=O) groups excluding carboxylic acids is 5. The van der Waals surface area contributed by atoms with Crippen LogP contribution in [-0.4, -0.2) is 72.6 Å². The quantitative estimate of drug-likeness (QED) is 0.245. The van der Waals surface area contributed by atoms with Crippen LogP contribution in [0.25, 0.3) is 0 Å². The second-order valence-corrected chi connectivity index (χ2v) is 14.6. The molecule has 0 aromatic carbocycles. The molecule has 5 fully saturated rings. The Kier molecular flexibility index (Phi) is 9.98. The van der Waals surface area contributed by atoms with Crippen molar-refractivity contribution in [3.63, 3.8) is 0 Å². The van der Waals surface area contributed by atoms with Gasteiger partial charge in [0.2, 0.25) is 24.0 Å². The molecule has 1 aliphatic heterocycles. The first-order valence-electron chi connectivity index (χ1n) is 15.4. The Bertz CT molecular complexity index is 986. The van der Waals surface area contributed by atoms with E-state index in [4.69, 9.17) is 5.73 Å². The Balaban J connectivity index is 0.000000360. The van der Waals surface area contributed by atoms with Gasteiger partial charge in [-0.15, -0.1) is 0 Å². The monoisotopic (exact) mass is 575 g/mol. The molecule has 5 aliphatic rings. The van der Waals surface area contributed by atoms with Gasteiger partial charge in [0.05, 0.1) is 12.6 Å².